The van der Waals surface area contributed by atoms with E-state index < -0.39 is 18.3 Å². The molecule has 11 nitrogen and oxygen atoms in total. The number of amides is 2. The Labute approximate surface area is 188 Å². The lowest BCUT2D eigenvalue weighted by molar-refractivity contribution is -0.144. The van der Waals surface area contributed by atoms with E-state index in [0.29, 0.717) is 13.1 Å². The summed E-state index contributed by atoms with van der Waals surface area (Å²) in [6, 6.07) is -0.00793. The summed E-state index contributed by atoms with van der Waals surface area (Å²) < 4.78 is 13.7. The van der Waals surface area contributed by atoms with Crippen LogP contribution in [0.15, 0.2) is 0 Å². The summed E-state index contributed by atoms with van der Waals surface area (Å²) in [6.07, 6.45) is -0.953. The molecule has 6 N–H and O–H groups in total. The minimum atomic E-state index is -0.986. The molecule has 5 rings (SSSR count). The van der Waals surface area contributed by atoms with E-state index in [-0.39, 0.29) is 49.2 Å². The fourth-order valence-electron chi connectivity index (χ4n) is 5.97. The number of hydrogen-bond donors (Lipinski definition) is 5. The molecule has 0 aromatic heterocycles. The van der Waals surface area contributed by atoms with Gasteiger partial charge in [-0.05, 0) is 13.0 Å². The summed E-state index contributed by atoms with van der Waals surface area (Å²) in [5.41, 5.74) is 9.26. The van der Waals surface area contributed by atoms with Crippen LogP contribution in [-0.4, -0.2) is 134 Å². The first-order chi connectivity index (χ1) is 15.4. The van der Waals surface area contributed by atoms with Crippen LogP contribution in [0.3, 0.4) is 0 Å². The van der Waals surface area contributed by atoms with E-state index in [1.54, 1.807) is 5.01 Å². The van der Waals surface area contributed by atoms with Crippen LogP contribution in [-0.2, 0) is 9.59 Å². The molecule has 32 heavy (non-hydrogen) atoms. The molecule has 7 atom stereocenters. The highest BCUT2D eigenvalue weighted by molar-refractivity contribution is 5.83. The smallest absolute Gasteiger partial charge is 0.241 e. The quantitative estimate of drug-likeness (QED) is 0.294. The molecule has 5 aliphatic rings. The Morgan fingerprint density at radius 2 is 1.94 bits per heavy atom. The number of halogens is 1. The second-order valence-electron chi connectivity index (χ2n) is 9.77. The van der Waals surface area contributed by atoms with Crippen molar-refractivity contribution in [3.05, 3.63) is 0 Å². The van der Waals surface area contributed by atoms with Gasteiger partial charge in [0.1, 0.15) is 12.2 Å². The van der Waals surface area contributed by atoms with Crippen LogP contribution in [0, 0.1) is 5.92 Å². The predicted molar refractivity (Wildman–Crippen MR) is 116 cm³/mol. The van der Waals surface area contributed by atoms with Crippen molar-refractivity contribution in [3.8, 4) is 0 Å². The van der Waals surface area contributed by atoms with Crippen molar-refractivity contribution in [1.82, 2.24) is 41.1 Å². The van der Waals surface area contributed by atoms with Gasteiger partial charge in [-0.3, -0.25) is 24.7 Å². The fourth-order valence-corrected chi connectivity index (χ4v) is 5.97. The third-order valence-corrected chi connectivity index (χ3v) is 7.77. The van der Waals surface area contributed by atoms with Crippen molar-refractivity contribution in [3.63, 3.8) is 0 Å². The number of alkyl halides is 1. The van der Waals surface area contributed by atoms with Gasteiger partial charge in [-0.15, -0.1) is 0 Å². The molecule has 0 bridgehead atoms. The van der Waals surface area contributed by atoms with Gasteiger partial charge in [0.15, 0.2) is 0 Å². The first-order valence-corrected chi connectivity index (χ1v) is 11.8. The van der Waals surface area contributed by atoms with Crippen molar-refractivity contribution in [2.45, 2.75) is 43.0 Å². The van der Waals surface area contributed by atoms with Crippen molar-refractivity contribution >= 4 is 11.8 Å². The molecule has 0 aliphatic carbocycles. The van der Waals surface area contributed by atoms with Gasteiger partial charge in [0, 0.05) is 65.4 Å². The number of fused-ring (bicyclic) bond motifs is 2. The summed E-state index contributed by atoms with van der Waals surface area (Å²) >= 11 is 0. The van der Waals surface area contributed by atoms with Crippen molar-refractivity contribution in [2.75, 3.05) is 66.0 Å². The minimum Gasteiger partial charge on any atom is -0.350 e. The number of nitrogens with two attached hydrogens (primary N) is 1. The lowest BCUT2D eigenvalue weighted by atomic mass is 9.94. The van der Waals surface area contributed by atoms with E-state index in [4.69, 9.17) is 5.73 Å². The van der Waals surface area contributed by atoms with Crippen LogP contribution in [0.4, 0.5) is 4.39 Å². The lowest BCUT2D eigenvalue weighted by Gasteiger charge is -2.49. The molecule has 5 saturated heterocycles. The zero-order valence-electron chi connectivity index (χ0n) is 18.7. The maximum Gasteiger partial charge on any atom is 0.241 e. The van der Waals surface area contributed by atoms with Gasteiger partial charge in [-0.1, -0.05) is 0 Å². The first-order valence-electron chi connectivity index (χ1n) is 11.8. The monoisotopic (exact) mass is 453 g/mol. The molecule has 0 aromatic carbocycles. The summed E-state index contributed by atoms with van der Waals surface area (Å²) in [5.74, 6) is -0.434. The van der Waals surface area contributed by atoms with Crippen LogP contribution >= 0.6 is 0 Å². The average molecular weight is 454 g/mol. The highest BCUT2D eigenvalue weighted by atomic mass is 19.1. The second kappa shape index (κ2) is 9.09. The van der Waals surface area contributed by atoms with Crippen molar-refractivity contribution < 1.29 is 14.0 Å². The number of piperazine rings is 2. The zero-order valence-corrected chi connectivity index (χ0v) is 18.7. The Bertz CT molecular complexity index is 729. The summed E-state index contributed by atoms with van der Waals surface area (Å²) in [4.78, 5) is 32.5. The van der Waals surface area contributed by atoms with Gasteiger partial charge in [0.2, 0.25) is 11.8 Å². The number of carbonyl (C=O) groups is 2. The van der Waals surface area contributed by atoms with Crippen LogP contribution in [0.25, 0.3) is 0 Å². The normalized spacial score (nSPS) is 41.9. The maximum atomic E-state index is 13.7. The van der Waals surface area contributed by atoms with Gasteiger partial charge < -0.3 is 21.3 Å². The molecule has 5 fully saturated rings. The number of piperidine rings is 1. The van der Waals surface area contributed by atoms with E-state index in [1.165, 1.54) is 0 Å². The molecule has 0 spiro atoms. The summed E-state index contributed by atoms with van der Waals surface area (Å²) in [7, 11) is 1.87. The second-order valence-corrected chi connectivity index (χ2v) is 9.77. The molecule has 180 valence electrons. The minimum absolute atomic E-state index is 0.0713. The van der Waals surface area contributed by atoms with Gasteiger partial charge >= 0.3 is 0 Å². The Balaban J connectivity index is 1.25. The number of nitrogens with zero attached hydrogens (tertiary/aromatic N) is 4. The Morgan fingerprint density at radius 1 is 1.16 bits per heavy atom. The SMILES string of the molecule is CN1CCN2CCN(C3CCNCC3NC(=O)C3C(N)NN4CC(F)CNC34)CC2C1=O. The van der Waals surface area contributed by atoms with Crippen LogP contribution < -0.4 is 27.1 Å². The highest BCUT2D eigenvalue weighted by Crippen LogP contribution is 2.24. The molecule has 0 aromatic rings. The summed E-state index contributed by atoms with van der Waals surface area (Å²) in [6.45, 7) is 6.17. The number of hydrazine groups is 1. The number of rotatable bonds is 3. The number of likely N-dealkylation sites (N-methyl/N-ethyl adjacent to an activating group) is 1. The third kappa shape index (κ3) is 4.13. The van der Waals surface area contributed by atoms with Crippen molar-refractivity contribution in [1.29, 1.82) is 0 Å². The van der Waals surface area contributed by atoms with Gasteiger partial charge in [0.25, 0.3) is 0 Å². The molecule has 2 amide bonds. The molecular formula is C20H36FN9O2. The maximum absolute atomic E-state index is 13.7. The van der Waals surface area contributed by atoms with Crippen LogP contribution in [0.5, 0.6) is 0 Å². The van der Waals surface area contributed by atoms with Gasteiger partial charge in [-0.25, -0.2) is 14.8 Å². The van der Waals surface area contributed by atoms with Crippen LogP contribution in [0.1, 0.15) is 6.42 Å². The number of nitrogens with one attached hydrogen (secondary N) is 4. The molecule has 0 saturated carbocycles. The Hall–Kier alpha value is -1.41. The lowest BCUT2D eigenvalue weighted by Crippen LogP contribution is -2.69. The fraction of sp³-hybridized carbons (Fsp3) is 0.900. The van der Waals surface area contributed by atoms with E-state index in [1.807, 2.05) is 11.9 Å². The Kier molecular flexibility index (Phi) is 6.36. The van der Waals surface area contributed by atoms with E-state index in [0.717, 1.165) is 39.1 Å². The standard InChI is InChI=1S/C20H36FN9O2/c1-27-4-5-28-6-7-29(11-15(28)20(27)32)14-2-3-23-9-13(14)25-19(31)16-17(22)26-30-10-12(21)8-24-18(16)30/h12-18,23-24,26H,2-11,22H2,1H3,(H,25,31). The van der Waals surface area contributed by atoms with Crippen molar-refractivity contribution in [2.24, 2.45) is 11.7 Å². The van der Waals surface area contributed by atoms with Gasteiger partial charge in [0.05, 0.1) is 24.3 Å². The molecule has 5 aliphatic heterocycles. The average Bonchev–Trinajstić information content (AvgIpc) is 3.11. The largest absolute Gasteiger partial charge is 0.350 e. The molecule has 12 heteroatoms. The predicted octanol–water partition coefficient (Wildman–Crippen LogP) is -3.72. The molecule has 5 heterocycles. The molecular weight excluding hydrogens is 417 g/mol. The molecule has 0 radical (unpaired) electrons. The topological polar surface area (TPSA) is 121 Å². The number of carbonyl (C=O) groups excluding carboxylic acids is 2. The van der Waals surface area contributed by atoms with E-state index in [9.17, 15) is 14.0 Å². The Morgan fingerprint density at radius 3 is 2.78 bits per heavy atom. The molecule has 7 unspecified atom stereocenters. The summed E-state index contributed by atoms with van der Waals surface area (Å²) in [5, 5.41) is 11.5. The number of hydrogen-bond acceptors (Lipinski definition) is 9. The first kappa shape index (κ1) is 22.4. The van der Waals surface area contributed by atoms with E-state index in [2.05, 4.69) is 31.2 Å². The van der Waals surface area contributed by atoms with E-state index >= 15 is 0 Å². The zero-order chi connectivity index (χ0) is 22.4. The highest BCUT2D eigenvalue weighted by Gasteiger charge is 2.48. The van der Waals surface area contributed by atoms with Crippen LogP contribution in [0.2, 0.25) is 0 Å². The third-order valence-electron chi connectivity index (χ3n) is 7.77. The van der Waals surface area contributed by atoms with Gasteiger partial charge in [-0.2, -0.15) is 0 Å².